The minimum absolute atomic E-state index is 0.0982. The summed E-state index contributed by atoms with van der Waals surface area (Å²) in [5.41, 5.74) is 7.13. The first kappa shape index (κ1) is 10.3. The van der Waals surface area contributed by atoms with Gasteiger partial charge in [-0.2, -0.15) is 5.10 Å². The molecule has 0 fully saturated rings. The number of carbonyl (C=O) groups is 1. The van der Waals surface area contributed by atoms with Crippen molar-refractivity contribution >= 4 is 11.7 Å². The number of aromatic nitrogens is 2. The van der Waals surface area contributed by atoms with Crippen LogP contribution in [0.2, 0.25) is 0 Å². The molecule has 76 valence electrons. The van der Waals surface area contributed by atoms with E-state index in [9.17, 15) is 4.79 Å². The van der Waals surface area contributed by atoms with Crippen LogP contribution >= 0.6 is 0 Å². The minimum Gasteiger partial charge on any atom is -0.382 e. The van der Waals surface area contributed by atoms with E-state index < -0.39 is 5.91 Å². The second kappa shape index (κ2) is 4.43. The number of nitrogens with two attached hydrogens (primary N) is 1. The topological polar surface area (TPSA) is 93.2 Å². The van der Waals surface area contributed by atoms with Gasteiger partial charge in [0.1, 0.15) is 5.56 Å². The smallest absolute Gasteiger partial charge is 0.280 e. The summed E-state index contributed by atoms with van der Waals surface area (Å²) >= 11 is 0. The number of nitrogens with zero attached hydrogens (tertiary/aromatic N) is 2. The maximum Gasteiger partial charge on any atom is 0.280 e. The maximum atomic E-state index is 11.0. The number of hydrogen-bond donors (Lipinski definition) is 3. The van der Waals surface area contributed by atoms with Crippen molar-refractivity contribution in [2.24, 2.45) is 0 Å². The average molecular weight is 196 g/mol. The number of allylic oxidation sites excluding steroid dienone is 2. The van der Waals surface area contributed by atoms with E-state index in [1.54, 1.807) is 0 Å². The number of nitrogen functional groups attached to an aromatic ring is 1. The van der Waals surface area contributed by atoms with E-state index in [0.29, 0.717) is 6.54 Å². The minimum atomic E-state index is -0.658. The van der Waals surface area contributed by atoms with Gasteiger partial charge in [-0.1, -0.05) is 12.2 Å². The molecule has 6 nitrogen and oxygen atoms in total. The van der Waals surface area contributed by atoms with Crippen molar-refractivity contribution in [3.8, 4) is 0 Å². The number of nitrogens with one attached hydrogen (secondary N) is 1. The van der Waals surface area contributed by atoms with Gasteiger partial charge in [-0.05, 0) is 6.92 Å². The van der Waals surface area contributed by atoms with E-state index in [-0.39, 0.29) is 11.4 Å². The van der Waals surface area contributed by atoms with Crippen molar-refractivity contribution in [2.75, 3.05) is 5.73 Å². The predicted molar refractivity (Wildman–Crippen MR) is 50.7 cm³/mol. The summed E-state index contributed by atoms with van der Waals surface area (Å²) < 4.78 is 1.51. The molecule has 0 radical (unpaired) electrons. The molecule has 14 heavy (non-hydrogen) atoms. The van der Waals surface area contributed by atoms with Crippen LogP contribution < -0.4 is 11.2 Å². The van der Waals surface area contributed by atoms with Gasteiger partial charge in [0.15, 0.2) is 5.82 Å². The monoisotopic (exact) mass is 196 g/mol. The Morgan fingerprint density at radius 2 is 2.57 bits per heavy atom. The van der Waals surface area contributed by atoms with Gasteiger partial charge in [-0.15, -0.1) is 0 Å². The van der Waals surface area contributed by atoms with Crippen LogP contribution in [0.3, 0.4) is 0 Å². The van der Waals surface area contributed by atoms with Gasteiger partial charge < -0.3 is 5.73 Å². The lowest BCUT2D eigenvalue weighted by atomic mass is 10.3. The largest absolute Gasteiger partial charge is 0.382 e. The SMILES string of the molecule is C/C=C/Cn1cc(C(=O)NO)c(N)n1. The molecule has 1 heterocycles. The van der Waals surface area contributed by atoms with E-state index in [4.69, 9.17) is 10.9 Å². The summed E-state index contributed by atoms with van der Waals surface area (Å²) in [4.78, 5) is 11.0. The number of hydroxylamine groups is 1. The Balaban J connectivity index is 2.87. The Bertz CT molecular complexity index is 356. The Morgan fingerprint density at radius 1 is 1.86 bits per heavy atom. The first-order chi connectivity index (χ1) is 6.69. The van der Waals surface area contributed by atoms with Gasteiger partial charge in [-0.3, -0.25) is 14.7 Å². The normalized spacial score (nSPS) is 10.7. The van der Waals surface area contributed by atoms with Crippen LogP contribution in [0.5, 0.6) is 0 Å². The Kier molecular flexibility index (Phi) is 3.24. The molecule has 1 amide bonds. The van der Waals surface area contributed by atoms with Crippen LogP contribution in [0.1, 0.15) is 17.3 Å². The fraction of sp³-hybridized carbons (Fsp3) is 0.250. The molecule has 0 aliphatic carbocycles. The third kappa shape index (κ3) is 2.11. The van der Waals surface area contributed by atoms with Crippen LogP contribution in [0.4, 0.5) is 5.82 Å². The standard InChI is InChI=1S/C8H12N4O2/c1-2-3-4-12-5-6(7(9)10-12)8(13)11-14/h2-3,5,14H,4H2,1H3,(H2,9,10)(H,11,13)/b3-2+. The van der Waals surface area contributed by atoms with Crippen LogP contribution in [-0.4, -0.2) is 20.9 Å². The lowest BCUT2D eigenvalue weighted by Crippen LogP contribution is -2.19. The summed E-state index contributed by atoms with van der Waals surface area (Å²) in [6, 6.07) is 0. The second-order valence-corrected chi connectivity index (χ2v) is 2.66. The van der Waals surface area contributed by atoms with E-state index in [1.165, 1.54) is 16.4 Å². The van der Waals surface area contributed by atoms with Gasteiger partial charge in [0.25, 0.3) is 5.91 Å². The fourth-order valence-electron chi connectivity index (χ4n) is 0.978. The van der Waals surface area contributed by atoms with Gasteiger partial charge in [-0.25, -0.2) is 5.48 Å². The number of amides is 1. The third-order valence-corrected chi connectivity index (χ3v) is 1.66. The molecule has 1 rings (SSSR count). The molecule has 0 saturated carbocycles. The van der Waals surface area contributed by atoms with E-state index in [2.05, 4.69) is 5.10 Å². The van der Waals surface area contributed by atoms with Crippen molar-refractivity contribution < 1.29 is 10.0 Å². The Hall–Kier alpha value is -1.82. The number of anilines is 1. The molecule has 0 spiro atoms. The summed E-state index contributed by atoms with van der Waals surface area (Å²) in [7, 11) is 0. The molecule has 0 aromatic carbocycles. The number of rotatable bonds is 3. The van der Waals surface area contributed by atoms with Crippen molar-refractivity contribution in [1.29, 1.82) is 0 Å². The molecule has 0 aliphatic heterocycles. The molecule has 6 heteroatoms. The summed E-state index contributed by atoms with van der Waals surface area (Å²) in [5.74, 6) is -0.560. The van der Waals surface area contributed by atoms with Crippen LogP contribution in [-0.2, 0) is 6.54 Å². The zero-order chi connectivity index (χ0) is 10.6. The lowest BCUT2D eigenvalue weighted by Gasteiger charge is -1.93. The highest BCUT2D eigenvalue weighted by Crippen LogP contribution is 2.08. The molecule has 1 aromatic heterocycles. The van der Waals surface area contributed by atoms with Crippen LogP contribution in [0.15, 0.2) is 18.3 Å². The molecule has 1 aromatic rings. The Morgan fingerprint density at radius 3 is 3.14 bits per heavy atom. The molecule has 0 aliphatic rings. The molecule has 0 unspecified atom stereocenters. The maximum absolute atomic E-state index is 11.0. The molecular formula is C8H12N4O2. The van der Waals surface area contributed by atoms with E-state index in [1.807, 2.05) is 19.1 Å². The van der Waals surface area contributed by atoms with E-state index >= 15 is 0 Å². The molecule has 0 saturated heterocycles. The molecule has 0 bridgehead atoms. The highest BCUT2D eigenvalue weighted by molar-refractivity contribution is 5.97. The number of carbonyl (C=O) groups excluding carboxylic acids is 1. The highest BCUT2D eigenvalue weighted by Gasteiger charge is 2.12. The highest BCUT2D eigenvalue weighted by atomic mass is 16.5. The van der Waals surface area contributed by atoms with Crippen molar-refractivity contribution in [1.82, 2.24) is 15.3 Å². The van der Waals surface area contributed by atoms with Gasteiger partial charge in [0.05, 0.1) is 6.54 Å². The quantitative estimate of drug-likeness (QED) is 0.364. The van der Waals surface area contributed by atoms with Gasteiger partial charge >= 0.3 is 0 Å². The van der Waals surface area contributed by atoms with E-state index in [0.717, 1.165) is 0 Å². The zero-order valence-electron chi connectivity index (χ0n) is 7.77. The lowest BCUT2D eigenvalue weighted by molar-refractivity contribution is 0.0707. The number of hydrogen-bond acceptors (Lipinski definition) is 4. The first-order valence-corrected chi connectivity index (χ1v) is 4.07. The molecule has 0 atom stereocenters. The fourth-order valence-corrected chi connectivity index (χ4v) is 0.978. The average Bonchev–Trinajstić information content (AvgIpc) is 2.55. The van der Waals surface area contributed by atoms with Crippen molar-refractivity contribution in [2.45, 2.75) is 13.5 Å². The predicted octanol–water partition coefficient (Wildman–Crippen LogP) is 0.160. The molecule has 4 N–H and O–H groups in total. The summed E-state index contributed by atoms with van der Waals surface area (Å²) in [5, 5.41) is 12.3. The van der Waals surface area contributed by atoms with Crippen molar-refractivity contribution in [3.63, 3.8) is 0 Å². The second-order valence-electron chi connectivity index (χ2n) is 2.66. The van der Waals surface area contributed by atoms with Crippen LogP contribution in [0.25, 0.3) is 0 Å². The van der Waals surface area contributed by atoms with Crippen LogP contribution in [0, 0.1) is 0 Å². The van der Waals surface area contributed by atoms with Crippen molar-refractivity contribution in [3.05, 3.63) is 23.9 Å². The zero-order valence-corrected chi connectivity index (χ0v) is 7.77. The third-order valence-electron chi connectivity index (χ3n) is 1.66. The summed E-state index contributed by atoms with van der Waals surface area (Å²) in [6.45, 7) is 2.42. The molecular weight excluding hydrogens is 184 g/mol. The first-order valence-electron chi connectivity index (χ1n) is 4.07. The Labute approximate surface area is 81.0 Å². The van der Waals surface area contributed by atoms with Gasteiger partial charge in [0.2, 0.25) is 0 Å². The summed E-state index contributed by atoms with van der Waals surface area (Å²) in [6.07, 6.45) is 5.21. The van der Waals surface area contributed by atoms with Gasteiger partial charge in [0, 0.05) is 6.20 Å².